The molecule has 21 heavy (non-hydrogen) atoms. The summed E-state index contributed by atoms with van der Waals surface area (Å²) in [6.07, 6.45) is 2.44. The fraction of sp³-hybridized carbons (Fsp3) is 0.611. The molecule has 0 bridgehead atoms. The number of nitrogens with one attached hydrogen (secondary N) is 1. The van der Waals surface area contributed by atoms with E-state index in [-0.39, 0.29) is 11.3 Å². The highest BCUT2D eigenvalue weighted by atomic mass is 16.1. The third kappa shape index (κ3) is 4.07. The number of likely N-dealkylation sites (tertiary alicyclic amines) is 1. The molecule has 2 rings (SSSR count). The quantitative estimate of drug-likeness (QED) is 0.923. The second-order valence-corrected chi connectivity index (χ2v) is 6.96. The molecule has 1 aliphatic heterocycles. The van der Waals surface area contributed by atoms with Crippen LogP contribution in [0.4, 0.5) is 0 Å². The van der Waals surface area contributed by atoms with Gasteiger partial charge in [0.05, 0.1) is 0 Å². The van der Waals surface area contributed by atoms with Gasteiger partial charge in [0.15, 0.2) is 0 Å². The monoisotopic (exact) mass is 288 g/mol. The summed E-state index contributed by atoms with van der Waals surface area (Å²) in [6, 6.07) is 8.49. The van der Waals surface area contributed by atoms with E-state index in [1.165, 1.54) is 18.4 Å². The first-order valence-corrected chi connectivity index (χ1v) is 8.04. The maximum Gasteiger partial charge on any atom is 0.251 e. The summed E-state index contributed by atoms with van der Waals surface area (Å²) in [7, 11) is 0. The number of carbonyl (C=O) groups excluding carboxylic acids is 1. The van der Waals surface area contributed by atoms with Gasteiger partial charge in [0, 0.05) is 18.2 Å². The Morgan fingerprint density at radius 3 is 2.52 bits per heavy atom. The molecule has 1 saturated heterocycles. The fourth-order valence-electron chi connectivity index (χ4n) is 2.98. The molecule has 1 aliphatic rings. The maximum absolute atomic E-state index is 12.2. The standard InChI is InChI=1S/C18H28N2O/c1-5-20-12-6-7-16(20)13-19-17(21)14-8-10-15(11-9-14)18(2,3)4/h8-11,16H,5-7,12-13H2,1-4H3,(H,19,21)/t16-/m0/s1. The second-order valence-electron chi connectivity index (χ2n) is 6.96. The van der Waals surface area contributed by atoms with Crippen molar-refractivity contribution in [1.29, 1.82) is 0 Å². The van der Waals surface area contributed by atoms with Gasteiger partial charge in [-0.15, -0.1) is 0 Å². The first kappa shape index (κ1) is 16.0. The van der Waals surface area contributed by atoms with Crippen molar-refractivity contribution in [1.82, 2.24) is 10.2 Å². The highest BCUT2D eigenvalue weighted by molar-refractivity contribution is 5.94. The minimum absolute atomic E-state index is 0.0402. The van der Waals surface area contributed by atoms with Crippen LogP contribution in [0.5, 0.6) is 0 Å². The van der Waals surface area contributed by atoms with Gasteiger partial charge < -0.3 is 5.32 Å². The molecule has 0 saturated carbocycles. The summed E-state index contributed by atoms with van der Waals surface area (Å²) >= 11 is 0. The lowest BCUT2D eigenvalue weighted by molar-refractivity contribution is 0.0941. The van der Waals surface area contributed by atoms with E-state index in [1.54, 1.807) is 0 Å². The van der Waals surface area contributed by atoms with Crippen LogP contribution >= 0.6 is 0 Å². The molecule has 0 unspecified atom stereocenters. The summed E-state index contributed by atoms with van der Waals surface area (Å²) < 4.78 is 0. The third-order valence-electron chi connectivity index (χ3n) is 4.42. The third-order valence-corrected chi connectivity index (χ3v) is 4.42. The molecule has 3 heteroatoms. The Morgan fingerprint density at radius 1 is 1.29 bits per heavy atom. The van der Waals surface area contributed by atoms with Crippen LogP contribution < -0.4 is 5.32 Å². The normalized spacial score (nSPS) is 19.7. The molecule has 0 spiro atoms. The first-order valence-electron chi connectivity index (χ1n) is 8.04. The van der Waals surface area contributed by atoms with Crippen molar-refractivity contribution in [3.63, 3.8) is 0 Å². The zero-order valence-corrected chi connectivity index (χ0v) is 13.8. The van der Waals surface area contributed by atoms with Crippen LogP contribution in [-0.4, -0.2) is 36.5 Å². The molecule has 3 nitrogen and oxygen atoms in total. The van der Waals surface area contributed by atoms with E-state index in [0.717, 1.165) is 25.2 Å². The van der Waals surface area contributed by atoms with E-state index in [4.69, 9.17) is 0 Å². The summed E-state index contributed by atoms with van der Waals surface area (Å²) in [4.78, 5) is 14.7. The van der Waals surface area contributed by atoms with Gasteiger partial charge in [-0.1, -0.05) is 39.8 Å². The SMILES string of the molecule is CCN1CCC[C@H]1CNC(=O)c1ccc(C(C)(C)C)cc1. The van der Waals surface area contributed by atoms with Crippen molar-refractivity contribution in [2.24, 2.45) is 0 Å². The minimum atomic E-state index is 0.0402. The van der Waals surface area contributed by atoms with Crippen molar-refractivity contribution in [3.8, 4) is 0 Å². The maximum atomic E-state index is 12.2. The minimum Gasteiger partial charge on any atom is -0.350 e. The van der Waals surface area contributed by atoms with E-state index >= 15 is 0 Å². The first-order chi connectivity index (χ1) is 9.91. The van der Waals surface area contributed by atoms with Gasteiger partial charge in [0.1, 0.15) is 0 Å². The van der Waals surface area contributed by atoms with Gasteiger partial charge in [-0.05, 0) is 49.0 Å². The van der Waals surface area contributed by atoms with Crippen LogP contribution in [0.3, 0.4) is 0 Å². The van der Waals surface area contributed by atoms with Crippen LogP contribution in [0.2, 0.25) is 0 Å². The van der Waals surface area contributed by atoms with Crippen LogP contribution in [0.1, 0.15) is 56.5 Å². The van der Waals surface area contributed by atoms with Crippen LogP contribution in [0.15, 0.2) is 24.3 Å². The molecule has 1 aromatic rings. The molecule has 0 aromatic heterocycles. The number of rotatable bonds is 4. The van der Waals surface area contributed by atoms with Crippen molar-refractivity contribution in [2.45, 2.75) is 52.0 Å². The predicted octanol–water partition coefficient (Wildman–Crippen LogP) is 3.20. The van der Waals surface area contributed by atoms with Gasteiger partial charge in [-0.25, -0.2) is 0 Å². The molecular formula is C18H28N2O. The molecule has 0 radical (unpaired) electrons. The predicted molar refractivity (Wildman–Crippen MR) is 87.7 cm³/mol. The number of carbonyl (C=O) groups is 1. The van der Waals surface area contributed by atoms with E-state index in [1.807, 2.05) is 12.1 Å². The fourth-order valence-corrected chi connectivity index (χ4v) is 2.98. The zero-order valence-electron chi connectivity index (χ0n) is 13.8. The van der Waals surface area contributed by atoms with E-state index in [0.29, 0.717) is 6.04 Å². The van der Waals surface area contributed by atoms with Crippen LogP contribution in [0.25, 0.3) is 0 Å². The van der Waals surface area contributed by atoms with E-state index in [9.17, 15) is 4.79 Å². The Kier molecular flexibility index (Phi) is 5.04. The summed E-state index contributed by atoms with van der Waals surface area (Å²) in [5.41, 5.74) is 2.14. The van der Waals surface area contributed by atoms with Crippen molar-refractivity contribution < 1.29 is 4.79 Å². The van der Waals surface area contributed by atoms with Crippen molar-refractivity contribution in [3.05, 3.63) is 35.4 Å². The number of amides is 1. The van der Waals surface area contributed by atoms with Crippen LogP contribution in [-0.2, 0) is 5.41 Å². The lowest BCUT2D eigenvalue weighted by atomic mass is 9.87. The molecule has 116 valence electrons. The lowest BCUT2D eigenvalue weighted by Crippen LogP contribution is -2.40. The molecule has 1 aromatic carbocycles. The number of hydrogen-bond acceptors (Lipinski definition) is 2. The largest absolute Gasteiger partial charge is 0.350 e. The number of hydrogen-bond donors (Lipinski definition) is 1. The summed E-state index contributed by atoms with van der Waals surface area (Å²) in [5, 5.41) is 3.08. The molecule has 0 aliphatic carbocycles. The Hall–Kier alpha value is -1.35. The Bertz CT molecular complexity index is 473. The lowest BCUT2D eigenvalue weighted by Gasteiger charge is -2.23. The Morgan fingerprint density at radius 2 is 1.95 bits per heavy atom. The van der Waals surface area contributed by atoms with Crippen molar-refractivity contribution >= 4 is 5.91 Å². The highest BCUT2D eigenvalue weighted by Gasteiger charge is 2.23. The molecule has 1 atom stereocenters. The van der Waals surface area contributed by atoms with Gasteiger partial charge in [0.2, 0.25) is 0 Å². The zero-order chi connectivity index (χ0) is 15.5. The summed E-state index contributed by atoms with van der Waals surface area (Å²) in [5.74, 6) is 0.0402. The van der Waals surface area contributed by atoms with Crippen molar-refractivity contribution in [2.75, 3.05) is 19.6 Å². The van der Waals surface area contributed by atoms with E-state index in [2.05, 4.69) is 50.0 Å². The highest BCUT2D eigenvalue weighted by Crippen LogP contribution is 2.22. The Balaban J connectivity index is 1.91. The summed E-state index contributed by atoms with van der Waals surface area (Å²) in [6.45, 7) is 11.7. The average Bonchev–Trinajstić information content (AvgIpc) is 2.91. The van der Waals surface area contributed by atoms with Gasteiger partial charge >= 0.3 is 0 Å². The topological polar surface area (TPSA) is 32.3 Å². The molecule has 1 heterocycles. The molecule has 1 fully saturated rings. The Labute approximate surface area is 128 Å². The van der Waals surface area contributed by atoms with E-state index < -0.39 is 0 Å². The van der Waals surface area contributed by atoms with Gasteiger partial charge in [-0.2, -0.15) is 0 Å². The number of benzene rings is 1. The smallest absolute Gasteiger partial charge is 0.251 e. The van der Waals surface area contributed by atoms with Gasteiger partial charge in [-0.3, -0.25) is 9.69 Å². The average molecular weight is 288 g/mol. The molecule has 1 N–H and O–H groups in total. The number of nitrogens with zero attached hydrogens (tertiary/aromatic N) is 1. The second kappa shape index (κ2) is 6.61. The van der Waals surface area contributed by atoms with Gasteiger partial charge in [0.25, 0.3) is 5.91 Å². The van der Waals surface area contributed by atoms with Crippen LogP contribution in [0, 0.1) is 0 Å². The molecular weight excluding hydrogens is 260 g/mol. The number of likely N-dealkylation sites (N-methyl/N-ethyl adjacent to an activating group) is 1. The molecule has 1 amide bonds.